The highest BCUT2D eigenvalue weighted by Gasteiger charge is 1.93. The van der Waals surface area contributed by atoms with Crippen LogP contribution in [0.5, 0.6) is 0 Å². The summed E-state index contributed by atoms with van der Waals surface area (Å²) in [7, 11) is 1.95. The SMILES string of the molecule is C=CN(C)CCCC(C)=O. The molecule has 58 valence electrons. The summed E-state index contributed by atoms with van der Waals surface area (Å²) in [5, 5.41) is 0. The molecular weight excluding hydrogens is 126 g/mol. The van der Waals surface area contributed by atoms with Crippen LogP contribution in [0.1, 0.15) is 19.8 Å². The minimum atomic E-state index is 0.262. The van der Waals surface area contributed by atoms with Crippen molar-refractivity contribution in [2.75, 3.05) is 13.6 Å². The first-order valence-corrected chi connectivity index (χ1v) is 3.49. The summed E-state index contributed by atoms with van der Waals surface area (Å²) in [5.74, 6) is 0.262. The summed E-state index contributed by atoms with van der Waals surface area (Å²) in [6.07, 6.45) is 3.37. The predicted molar refractivity (Wildman–Crippen MR) is 42.7 cm³/mol. The number of Topliss-reactive ketones (excluding diaryl/α,β-unsaturated/α-hetero) is 1. The van der Waals surface area contributed by atoms with E-state index in [1.807, 2.05) is 11.9 Å². The molecule has 2 heteroatoms. The monoisotopic (exact) mass is 141 g/mol. The van der Waals surface area contributed by atoms with Gasteiger partial charge in [-0.15, -0.1) is 0 Å². The van der Waals surface area contributed by atoms with Gasteiger partial charge in [0.15, 0.2) is 0 Å². The summed E-state index contributed by atoms with van der Waals surface area (Å²) in [6, 6.07) is 0. The van der Waals surface area contributed by atoms with Gasteiger partial charge in [0.1, 0.15) is 5.78 Å². The Bertz CT molecular complexity index is 120. The lowest BCUT2D eigenvalue weighted by Crippen LogP contribution is -2.12. The van der Waals surface area contributed by atoms with Crippen molar-refractivity contribution < 1.29 is 4.79 Å². The van der Waals surface area contributed by atoms with Crippen LogP contribution in [0.3, 0.4) is 0 Å². The highest BCUT2D eigenvalue weighted by molar-refractivity contribution is 5.75. The average Bonchev–Trinajstić information content (AvgIpc) is 1.87. The van der Waals surface area contributed by atoms with Crippen LogP contribution in [-0.4, -0.2) is 24.3 Å². The second-order valence-corrected chi connectivity index (χ2v) is 2.47. The molecule has 0 unspecified atom stereocenters. The van der Waals surface area contributed by atoms with E-state index >= 15 is 0 Å². The smallest absolute Gasteiger partial charge is 0.129 e. The highest BCUT2D eigenvalue weighted by atomic mass is 16.1. The van der Waals surface area contributed by atoms with Gasteiger partial charge < -0.3 is 9.69 Å². The van der Waals surface area contributed by atoms with E-state index < -0.39 is 0 Å². The van der Waals surface area contributed by atoms with Gasteiger partial charge in [-0.25, -0.2) is 0 Å². The van der Waals surface area contributed by atoms with Crippen LogP contribution >= 0.6 is 0 Å². The first-order chi connectivity index (χ1) is 4.66. The molecule has 0 atom stereocenters. The van der Waals surface area contributed by atoms with Crippen molar-refractivity contribution >= 4 is 5.78 Å². The molecule has 0 rings (SSSR count). The normalized spacial score (nSPS) is 9.00. The van der Waals surface area contributed by atoms with Gasteiger partial charge in [0, 0.05) is 20.0 Å². The van der Waals surface area contributed by atoms with Gasteiger partial charge in [-0.05, 0) is 19.5 Å². The van der Waals surface area contributed by atoms with E-state index in [0.717, 1.165) is 13.0 Å². The van der Waals surface area contributed by atoms with Gasteiger partial charge in [0.2, 0.25) is 0 Å². The Morgan fingerprint density at radius 3 is 2.70 bits per heavy atom. The molecule has 0 aromatic heterocycles. The van der Waals surface area contributed by atoms with Crippen LogP contribution in [0.15, 0.2) is 12.8 Å². The summed E-state index contributed by atoms with van der Waals surface area (Å²) in [6.45, 7) is 6.14. The number of hydrogen-bond acceptors (Lipinski definition) is 2. The standard InChI is InChI=1S/C8H15NO/c1-4-9(3)7-5-6-8(2)10/h4H,1,5-7H2,2-3H3. The molecule has 0 bridgehead atoms. The predicted octanol–water partition coefficient (Wildman–Crippen LogP) is 1.43. The zero-order valence-corrected chi connectivity index (χ0v) is 6.76. The lowest BCUT2D eigenvalue weighted by molar-refractivity contribution is -0.117. The molecule has 10 heavy (non-hydrogen) atoms. The first-order valence-electron chi connectivity index (χ1n) is 3.49. The zero-order valence-electron chi connectivity index (χ0n) is 6.76. The van der Waals surface area contributed by atoms with Gasteiger partial charge in [-0.2, -0.15) is 0 Å². The molecule has 0 N–H and O–H groups in total. The molecule has 0 heterocycles. The minimum Gasteiger partial charge on any atom is -0.381 e. The Morgan fingerprint density at radius 1 is 1.70 bits per heavy atom. The quantitative estimate of drug-likeness (QED) is 0.577. The van der Waals surface area contributed by atoms with E-state index in [4.69, 9.17) is 0 Å². The van der Waals surface area contributed by atoms with Crippen LogP contribution in [0.25, 0.3) is 0 Å². The molecule has 0 amide bonds. The Morgan fingerprint density at radius 2 is 2.30 bits per heavy atom. The van der Waals surface area contributed by atoms with Crippen LogP contribution in [0.2, 0.25) is 0 Å². The third-order valence-electron chi connectivity index (χ3n) is 1.35. The molecule has 0 spiro atoms. The van der Waals surface area contributed by atoms with E-state index in [1.54, 1.807) is 13.1 Å². The van der Waals surface area contributed by atoms with E-state index in [9.17, 15) is 4.79 Å². The second kappa shape index (κ2) is 5.03. The van der Waals surface area contributed by atoms with Crippen LogP contribution in [0, 0.1) is 0 Å². The topological polar surface area (TPSA) is 20.3 Å². The largest absolute Gasteiger partial charge is 0.381 e. The van der Waals surface area contributed by atoms with E-state index in [-0.39, 0.29) is 5.78 Å². The van der Waals surface area contributed by atoms with Gasteiger partial charge in [-0.1, -0.05) is 6.58 Å². The fraction of sp³-hybridized carbons (Fsp3) is 0.625. The van der Waals surface area contributed by atoms with Crippen molar-refractivity contribution in [1.82, 2.24) is 4.90 Å². The number of ketones is 1. The molecule has 0 aromatic rings. The molecule has 0 aliphatic rings. The lowest BCUT2D eigenvalue weighted by Gasteiger charge is -2.11. The molecule has 0 saturated carbocycles. The number of rotatable bonds is 5. The van der Waals surface area contributed by atoms with Crippen LogP contribution in [0.4, 0.5) is 0 Å². The molecular formula is C8H15NO. The minimum absolute atomic E-state index is 0.262. The van der Waals surface area contributed by atoms with Gasteiger partial charge in [0.05, 0.1) is 0 Å². The van der Waals surface area contributed by atoms with E-state index in [0.29, 0.717) is 6.42 Å². The van der Waals surface area contributed by atoms with Gasteiger partial charge >= 0.3 is 0 Å². The molecule has 0 fully saturated rings. The number of hydrogen-bond donors (Lipinski definition) is 0. The van der Waals surface area contributed by atoms with Crippen molar-refractivity contribution in [1.29, 1.82) is 0 Å². The molecule has 0 aliphatic heterocycles. The fourth-order valence-corrected chi connectivity index (χ4v) is 0.669. The van der Waals surface area contributed by atoms with Crippen molar-refractivity contribution in [2.45, 2.75) is 19.8 Å². The fourth-order valence-electron chi connectivity index (χ4n) is 0.669. The second-order valence-electron chi connectivity index (χ2n) is 2.47. The van der Waals surface area contributed by atoms with Crippen molar-refractivity contribution in [3.8, 4) is 0 Å². The average molecular weight is 141 g/mol. The first kappa shape index (κ1) is 9.21. The van der Waals surface area contributed by atoms with Crippen LogP contribution < -0.4 is 0 Å². The van der Waals surface area contributed by atoms with Gasteiger partial charge in [0.25, 0.3) is 0 Å². The summed E-state index contributed by atoms with van der Waals surface area (Å²) >= 11 is 0. The number of carbonyl (C=O) groups excluding carboxylic acids is 1. The molecule has 0 radical (unpaired) electrons. The molecule has 0 saturated heterocycles. The third kappa shape index (κ3) is 5.35. The Kier molecular flexibility index (Phi) is 4.63. The van der Waals surface area contributed by atoms with Crippen molar-refractivity contribution in [2.24, 2.45) is 0 Å². The molecule has 2 nitrogen and oxygen atoms in total. The van der Waals surface area contributed by atoms with Crippen molar-refractivity contribution in [3.05, 3.63) is 12.8 Å². The highest BCUT2D eigenvalue weighted by Crippen LogP contribution is 1.92. The third-order valence-corrected chi connectivity index (χ3v) is 1.35. The Labute approximate surface area is 62.5 Å². The summed E-state index contributed by atoms with van der Waals surface area (Å²) in [4.78, 5) is 12.4. The Hall–Kier alpha value is -0.790. The maximum Gasteiger partial charge on any atom is 0.129 e. The van der Waals surface area contributed by atoms with E-state index in [2.05, 4.69) is 6.58 Å². The summed E-state index contributed by atoms with van der Waals surface area (Å²) in [5.41, 5.74) is 0. The Balaban J connectivity index is 3.19. The van der Waals surface area contributed by atoms with Gasteiger partial charge in [-0.3, -0.25) is 0 Å². The summed E-state index contributed by atoms with van der Waals surface area (Å²) < 4.78 is 0. The number of carbonyl (C=O) groups is 1. The van der Waals surface area contributed by atoms with Crippen molar-refractivity contribution in [3.63, 3.8) is 0 Å². The number of nitrogens with zero attached hydrogens (tertiary/aromatic N) is 1. The lowest BCUT2D eigenvalue weighted by atomic mass is 10.2. The van der Waals surface area contributed by atoms with Crippen LogP contribution in [-0.2, 0) is 4.79 Å². The van der Waals surface area contributed by atoms with E-state index in [1.165, 1.54) is 0 Å². The zero-order chi connectivity index (χ0) is 7.98. The maximum absolute atomic E-state index is 10.5. The molecule has 0 aromatic carbocycles. The maximum atomic E-state index is 10.5. The molecule has 0 aliphatic carbocycles.